The molecule has 0 spiro atoms. The van der Waals surface area contributed by atoms with Gasteiger partial charge in [-0.2, -0.15) is 9.98 Å². The molecule has 16 heavy (non-hydrogen) atoms. The molecule has 2 amide bonds. The molecular weight excluding hydrogens is 200 g/mol. The lowest BCUT2D eigenvalue weighted by molar-refractivity contribution is -0.0110. The first kappa shape index (κ1) is 9.08. The number of carbonyl (C=O) groups excluding carboxylic acids is 1. The minimum atomic E-state index is -0.286. The van der Waals surface area contributed by atoms with Gasteiger partial charge in [0, 0.05) is 5.41 Å². The molecule has 1 heterocycles. The lowest BCUT2D eigenvalue weighted by Gasteiger charge is -2.56. The second kappa shape index (κ2) is 2.82. The third-order valence-corrected chi connectivity index (χ3v) is 5.09. The van der Waals surface area contributed by atoms with Crippen molar-refractivity contribution < 1.29 is 4.79 Å². The van der Waals surface area contributed by atoms with Crippen molar-refractivity contribution in [3.05, 3.63) is 0 Å². The number of amides is 2. The third kappa shape index (κ3) is 1.12. The van der Waals surface area contributed by atoms with Crippen molar-refractivity contribution in [2.24, 2.45) is 33.2 Å². The first-order valence-corrected chi connectivity index (χ1v) is 6.41. The van der Waals surface area contributed by atoms with E-state index in [1.54, 1.807) is 6.21 Å². The van der Waals surface area contributed by atoms with E-state index in [1.165, 1.54) is 38.5 Å². The molecule has 4 saturated carbocycles. The number of rotatable bonds is 1. The van der Waals surface area contributed by atoms with Crippen LogP contribution >= 0.6 is 0 Å². The van der Waals surface area contributed by atoms with Crippen LogP contribution in [0, 0.1) is 23.2 Å². The zero-order valence-corrected chi connectivity index (χ0v) is 9.35. The van der Waals surface area contributed by atoms with E-state index < -0.39 is 0 Å². The fourth-order valence-electron chi connectivity index (χ4n) is 4.96. The van der Waals surface area contributed by atoms with Gasteiger partial charge >= 0.3 is 6.03 Å². The Hall–Kier alpha value is -0.990. The normalized spacial score (nSPS) is 48.9. The molecule has 4 bridgehead atoms. The van der Waals surface area contributed by atoms with Gasteiger partial charge in [-0.05, 0) is 56.3 Å². The summed E-state index contributed by atoms with van der Waals surface area (Å²) in [4.78, 5) is 19.1. The second-order valence-electron chi connectivity index (χ2n) is 6.24. The van der Waals surface area contributed by atoms with Gasteiger partial charge in [0.25, 0.3) is 0 Å². The Morgan fingerprint density at radius 2 is 1.62 bits per heavy atom. The summed E-state index contributed by atoms with van der Waals surface area (Å²) in [5.41, 5.74) is 1.25. The second-order valence-corrected chi connectivity index (χ2v) is 6.24. The van der Waals surface area contributed by atoms with Gasteiger partial charge < -0.3 is 0 Å². The number of aliphatic imine (C=N–C) groups is 2. The Morgan fingerprint density at radius 1 is 1.06 bits per heavy atom. The quantitative estimate of drug-likeness (QED) is 0.664. The monoisotopic (exact) mass is 216 g/mol. The molecule has 5 aliphatic rings. The van der Waals surface area contributed by atoms with Crippen LogP contribution in [-0.4, -0.2) is 18.0 Å². The fraction of sp³-hybridized carbons (Fsp3) is 0.769. The van der Waals surface area contributed by atoms with Crippen LogP contribution in [0.5, 0.6) is 0 Å². The number of hydrogen-bond donors (Lipinski definition) is 0. The molecule has 0 radical (unpaired) electrons. The van der Waals surface area contributed by atoms with E-state index in [0.717, 1.165) is 23.5 Å². The van der Waals surface area contributed by atoms with Crippen molar-refractivity contribution >= 4 is 18.0 Å². The standard InChI is InChI=1S/C13H16N2O/c16-12-14-7-11(15-12)13-4-8-1-9(5-13)3-10(2-8)6-13/h7-10H,1-6H2. The van der Waals surface area contributed by atoms with Crippen LogP contribution < -0.4 is 0 Å². The van der Waals surface area contributed by atoms with Crippen molar-refractivity contribution in [2.75, 3.05) is 0 Å². The van der Waals surface area contributed by atoms with Crippen LogP contribution in [0.2, 0.25) is 0 Å². The lowest BCUT2D eigenvalue weighted by Crippen LogP contribution is -2.50. The van der Waals surface area contributed by atoms with Crippen LogP contribution in [0.3, 0.4) is 0 Å². The topological polar surface area (TPSA) is 41.8 Å². The molecule has 4 aliphatic carbocycles. The SMILES string of the molecule is O=C1N=CC(C23CC4CC(CC(C4)C2)C3)=N1. The van der Waals surface area contributed by atoms with Crippen LogP contribution in [0.25, 0.3) is 0 Å². The summed E-state index contributed by atoms with van der Waals surface area (Å²) in [6.07, 6.45) is 9.81. The highest BCUT2D eigenvalue weighted by Crippen LogP contribution is 2.60. The zero-order valence-electron chi connectivity index (χ0n) is 9.35. The Bertz CT molecular complexity index is 386. The Kier molecular flexibility index (Phi) is 1.60. The maximum absolute atomic E-state index is 11.2. The van der Waals surface area contributed by atoms with E-state index in [-0.39, 0.29) is 11.4 Å². The first-order chi connectivity index (χ1) is 7.73. The van der Waals surface area contributed by atoms with Gasteiger partial charge in [0.05, 0.1) is 11.9 Å². The highest BCUT2D eigenvalue weighted by molar-refractivity contribution is 6.39. The molecule has 0 aromatic heterocycles. The number of urea groups is 1. The summed E-state index contributed by atoms with van der Waals surface area (Å²) in [5, 5.41) is 0. The first-order valence-electron chi connectivity index (χ1n) is 6.41. The number of nitrogens with zero attached hydrogens (tertiary/aromatic N) is 2. The molecule has 0 atom stereocenters. The minimum absolute atomic E-state index is 0.240. The highest BCUT2D eigenvalue weighted by atomic mass is 16.2. The van der Waals surface area contributed by atoms with Crippen LogP contribution in [0.4, 0.5) is 4.79 Å². The Balaban J connectivity index is 1.74. The fourth-order valence-corrected chi connectivity index (χ4v) is 4.96. The van der Waals surface area contributed by atoms with Crippen LogP contribution in [-0.2, 0) is 0 Å². The van der Waals surface area contributed by atoms with Crippen molar-refractivity contribution in [1.29, 1.82) is 0 Å². The Morgan fingerprint density at radius 3 is 2.06 bits per heavy atom. The highest BCUT2D eigenvalue weighted by Gasteiger charge is 2.53. The molecule has 3 heteroatoms. The summed E-state index contributed by atoms with van der Waals surface area (Å²) in [6, 6.07) is -0.286. The van der Waals surface area contributed by atoms with Crippen molar-refractivity contribution in [2.45, 2.75) is 38.5 Å². The summed E-state index contributed by atoms with van der Waals surface area (Å²) < 4.78 is 0. The van der Waals surface area contributed by atoms with E-state index in [1.807, 2.05) is 0 Å². The molecule has 4 fully saturated rings. The van der Waals surface area contributed by atoms with Gasteiger partial charge in [0.1, 0.15) is 0 Å². The third-order valence-electron chi connectivity index (χ3n) is 5.09. The van der Waals surface area contributed by atoms with E-state index in [0.29, 0.717) is 0 Å². The van der Waals surface area contributed by atoms with Gasteiger partial charge in [0.15, 0.2) is 0 Å². The van der Waals surface area contributed by atoms with E-state index >= 15 is 0 Å². The molecule has 0 aromatic carbocycles. The van der Waals surface area contributed by atoms with Crippen molar-refractivity contribution in [1.82, 2.24) is 0 Å². The number of hydrogen-bond acceptors (Lipinski definition) is 1. The van der Waals surface area contributed by atoms with E-state index in [4.69, 9.17) is 0 Å². The maximum atomic E-state index is 11.2. The summed E-state index contributed by atoms with van der Waals surface area (Å²) in [7, 11) is 0. The van der Waals surface area contributed by atoms with Gasteiger partial charge in [-0.1, -0.05) is 0 Å². The molecule has 3 nitrogen and oxygen atoms in total. The molecule has 0 aromatic rings. The summed E-state index contributed by atoms with van der Waals surface area (Å²) in [5.74, 6) is 2.70. The number of carbonyl (C=O) groups is 1. The predicted molar refractivity (Wildman–Crippen MR) is 61.9 cm³/mol. The predicted octanol–water partition coefficient (Wildman–Crippen LogP) is 2.85. The minimum Gasteiger partial charge on any atom is -0.244 e. The zero-order chi connectivity index (χ0) is 10.8. The molecule has 0 N–H and O–H groups in total. The molecule has 0 saturated heterocycles. The average Bonchev–Trinajstić information content (AvgIpc) is 2.63. The van der Waals surface area contributed by atoms with Gasteiger partial charge in [0.2, 0.25) is 0 Å². The van der Waals surface area contributed by atoms with Gasteiger partial charge in [-0.15, -0.1) is 0 Å². The van der Waals surface area contributed by atoms with Gasteiger partial charge in [-0.3, -0.25) is 0 Å². The summed E-state index contributed by atoms with van der Waals surface area (Å²) in [6.45, 7) is 0. The molecule has 84 valence electrons. The lowest BCUT2D eigenvalue weighted by atomic mass is 9.48. The maximum Gasteiger partial charge on any atom is 0.367 e. The van der Waals surface area contributed by atoms with E-state index in [9.17, 15) is 4.79 Å². The largest absolute Gasteiger partial charge is 0.367 e. The smallest absolute Gasteiger partial charge is 0.244 e. The average molecular weight is 216 g/mol. The molecule has 0 unspecified atom stereocenters. The molecular formula is C13H16N2O. The molecule has 1 aliphatic heterocycles. The van der Waals surface area contributed by atoms with Gasteiger partial charge in [-0.25, -0.2) is 4.79 Å². The molecule has 5 rings (SSSR count). The summed E-state index contributed by atoms with van der Waals surface area (Å²) >= 11 is 0. The van der Waals surface area contributed by atoms with Crippen molar-refractivity contribution in [3.8, 4) is 0 Å². The van der Waals surface area contributed by atoms with E-state index in [2.05, 4.69) is 9.98 Å². The Labute approximate surface area is 95.0 Å². The van der Waals surface area contributed by atoms with Crippen LogP contribution in [0.1, 0.15) is 38.5 Å². The van der Waals surface area contributed by atoms with Crippen molar-refractivity contribution in [3.63, 3.8) is 0 Å². The van der Waals surface area contributed by atoms with Crippen LogP contribution in [0.15, 0.2) is 9.98 Å².